The molecule has 0 radical (unpaired) electrons. The van der Waals surface area contributed by atoms with Crippen LogP contribution >= 0.6 is 15.9 Å². The first kappa shape index (κ1) is 13.9. The van der Waals surface area contributed by atoms with E-state index in [0.29, 0.717) is 6.61 Å². The van der Waals surface area contributed by atoms with Crippen LogP contribution in [0.4, 0.5) is 0 Å². The molecule has 2 rings (SSSR count). The van der Waals surface area contributed by atoms with Gasteiger partial charge in [0.2, 0.25) is 0 Å². The van der Waals surface area contributed by atoms with Crippen molar-refractivity contribution in [3.05, 3.63) is 28.2 Å². The number of hydrogen-bond acceptors (Lipinski definition) is 2. The van der Waals surface area contributed by atoms with E-state index in [1.54, 1.807) is 0 Å². The minimum absolute atomic E-state index is 0.0343. The molecule has 1 fully saturated rings. The van der Waals surface area contributed by atoms with E-state index >= 15 is 0 Å². The molecule has 0 aromatic heterocycles. The minimum atomic E-state index is -0.382. The molecule has 2 nitrogen and oxygen atoms in total. The van der Waals surface area contributed by atoms with Crippen LogP contribution in [0.2, 0.25) is 0 Å². The third-order valence-electron chi connectivity index (χ3n) is 3.98. The molecular formula is C15H21BrO2. The van der Waals surface area contributed by atoms with E-state index in [1.165, 1.54) is 12.8 Å². The van der Waals surface area contributed by atoms with Crippen LogP contribution in [0.1, 0.15) is 51.2 Å². The normalized spacial score (nSPS) is 19.8. The lowest BCUT2D eigenvalue weighted by Gasteiger charge is -2.30. The van der Waals surface area contributed by atoms with Crippen LogP contribution in [0.5, 0.6) is 5.75 Å². The lowest BCUT2D eigenvalue weighted by Crippen LogP contribution is -2.21. The molecule has 0 amide bonds. The van der Waals surface area contributed by atoms with E-state index in [2.05, 4.69) is 22.9 Å². The SMILES string of the molecule is CCOc1ccc(C(O)C2(C)CCCC2)cc1Br. The Labute approximate surface area is 117 Å². The number of benzene rings is 1. The molecule has 0 aliphatic heterocycles. The Balaban J connectivity index is 2.20. The van der Waals surface area contributed by atoms with Crippen LogP contribution in [-0.2, 0) is 0 Å². The summed E-state index contributed by atoms with van der Waals surface area (Å²) in [5.74, 6) is 0.838. The second kappa shape index (κ2) is 5.62. The van der Waals surface area contributed by atoms with E-state index in [-0.39, 0.29) is 11.5 Å². The molecule has 1 unspecified atom stereocenters. The number of ether oxygens (including phenoxy) is 1. The molecule has 1 saturated carbocycles. The average Bonchev–Trinajstić information content (AvgIpc) is 2.79. The number of aliphatic hydroxyl groups excluding tert-OH is 1. The summed E-state index contributed by atoms with van der Waals surface area (Å²) in [7, 11) is 0. The molecule has 1 aromatic rings. The summed E-state index contributed by atoms with van der Waals surface area (Å²) in [4.78, 5) is 0. The summed E-state index contributed by atoms with van der Waals surface area (Å²) in [6, 6.07) is 5.90. The van der Waals surface area contributed by atoms with Crippen LogP contribution in [-0.4, -0.2) is 11.7 Å². The van der Waals surface area contributed by atoms with Crippen molar-refractivity contribution in [2.45, 2.75) is 45.6 Å². The van der Waals surface area contributed by atoms with Gasteiger partial charge in [-0.1, -0.05) is 25.8 Å². The third-order valence-corrected chi connectivity index (χ3v) is 4.60. The number of hydrogen-bond donors (Lipinski definition) is 1. The first-order chi connectivity index (χ1) is 8.57. The second-order valence-corrected chi connectivity index (χ2v) is 6.24. The molecule has 0 saturated heterocycles. The molecule has 0 spiro atoms. The van der Waals surface area contributed by atoms with Gasteiger partial charge in [-0.2, -0.15) is 0 Å². The summed E-state index contributed by atoms with van der Waals surface area (Å²) < 4.78 is 6.41. The molecule has 100 valence electrons. The first-order valence-corrected chi connectivity index (χ1v) is 7.46. The van der Waals surface area contributed by atoms with E-state index in [9.17, 15) is 5.11 Å². The van der Waals surface area contributed by atoms with Crippen molar-refractivity contribution in [2.75, 3.05) is 6.61 Å². The maximum absolute atomic E-state index is 10.6. The topological polar surface area (TPSA) is 29.5 Å². The highest BCUT2D eigenvalue weighted by Gasteiger charge is 2.36. The maximum atomic E-state index is 10.6. The number of halogens is 1. The van der Waals surface area contributed by atoms with Gasteiger partial charge in [0.05, 0.1) is 17.2 Å². The fourth-order valence-electron chi connectivity index (χ4n) is 2.82. The smallest absolute Gasteiger partial charge is 0.133 e. The van der Waals surface area contributed by atoms with Crippen LogP contribution in [0, 0.1) is 5.41 Å². The standard InChI is InChI=1S/C15H21BrO2/c1-3-18-13-7-6-11(10-12(13)16)14(17)15(2)8-4-5-9-15/h6-7,10,14,17H,3-5,8-9H2,1-2H3. The molecule has 0 bridgehead atoms. The first-order valence-electron chi connectivity index (χ1n) is 6.67. The highest BCUT2D eigenvalue weighted by molar-refractivity contribution is 9.10. The van der Waals surface area contributed by atoms with Gasteiger partial charge < -0.3 is 9.84 Å². The molecule has 1 atom stereocenters. The van der Waals surface area contributed by atoms with Gasteiger partial charge in [0.25, 0.3) is 0 Å². The average molecular weight is 313 g/mol. The summed E-state index contributed by atoms with van der Waals surface area (Å²) in [5.41, 5.74) is 1.02. The quantitative estimate of drug-likeness (QED) is 0.889. The maximum Gasteiger partial charge on any atom is 0.133 e. The van der Waals surface area contributed by atoms with Crippen molar-refractivity contribution in [3.8, 4) is 5.75 Å². The van der Waals surface area contributed by atoms with Gasteiger partial charge in [0.1, 0.15) is 5.75 Å². The zero-order chi connectivity index (χ0) is 13.2. The summed E-state index contributed by atoms with van der Waals surface area (Å²) in [6.45, 7) is 4.81. The molecule has 0 heterocycles. The van der Waals surface area contributed by atoms with E-state index in [1.807, 2.05) is 25.1 Å². The van der Waals surface area contributed by atoms with Gasteiger partial charge in [0.15, 0.2) is 0 Å². The predicted molar refractivity (Wildman–Crippen MR) is 76.8 cm³/mol. The van der Waals surface area contributed by atoms with Crippen LogP contribution in [0.25, 0.3) is 0 Å². The Morgan fingerprint density at radius 1 is 1.39 bits per heavy atom. The van der Waals surface area contributed by atoms with Gasteiger partial charge in [-0.25, -0.2) is 0 Å². The zero-order valence-electron chi connectivity index (χ0n) is 11.1. The fraction of sp³-hybridized carbons (Fsp3) is 0.600. The molecule has 1 N–H and O–H groups in total. The Bertz CT molecular complexity index is 411. The van der Waals surface area contributed by atoms with Gasteiger partial charge >= 0.3 is 0 Å². The Morgan fingerprint density at radius 3 is 2.61 bits per heavy atom. The zero-order valence-corrected chi connectivity index (χ0v) is 12.7. The van der Waals surface area contributed by atoms with Crippen LogP contribution < -0.4 is 4.74 Å². The Morgan fingerprint density at radius 2 is 2.06 bits per heavy atom. The van der Waals surface area contributed by atoms with Crippen molar-refractivity contribution in [1.82, 2.24) is 0 Å². The van der Waals surface area contributed by atoms with Crippen molar-refractivity contribution >= 4 is 15.9 Å². The van der Waals surface area contributed by atoms with Gasteiger partial charge in [0, 0.05) is 0 Å². The Hall–Kier alpha value is -0.540. The largest absolute Gasteiger partial charge is 0.493 e. The minimum Gasteiger partial charge on any atom is -0.493 e. The van der Waals surface area contributed by atoms with Crippen LogP contribution in [0.3, 0.4) is 0 Å². The molecule has 1 aromatic carbocycles. The van der Waals surface area contributed by atoms with Gasteiger partial charge in [-0.15, -0.1) is 0 Å². The highest BCUT2D eigenvalue weighted by Crippen LogP contribution is 2.47. The molecule has 1 aliphatic carbocycles. The van der Waals surface area contributed by atoms with Crippen molar-refractivity contribution < 1.29 is 9.84 Å². The molecule has 1 aliphatic rings. The van der Waals surface area contributed by atoms with Crippen molar-refractivity contribution in [1.29, 1.82) is 0 Å². The third kappa shape index (κ3) is 2.72. The molecule has 3 heteroatoms. The summed E-state index contributed by atoms with van der Waals surface area (Å²) >= 11 is 3.51. The predicted octanol–water partition coefficient (Wildman–Crippen LogP) is 4.46. The van der Waals surface area contributed by atoms with E-state index in [0.717, 1.165) is 28.6 Å². The van der Waals surface area contributed by atoms with Gasteiger partial charge in [-0.05, 0) is 58.8 Å². The van der Waals surface area contributed by atoms with Crippen LogP contribution in [0.15, 0.2) is 22.7 Å². The van der Waals surface area contributed by atoms with E-state index < -0.39 is 0 Å². The van der Waals surface area contributed by atoms with Gasteiger partial charge in [-0.3, -0.25) is 0 Å². The fourth-order valence-corrected chi connectivity index (χ4v) is 3.33. The second-order valence-electron chi connectivity index (χ2n) is 5.39. The lowest BCUT2D eigenvalue weighted by molar-refractivity contribution is 0.0407. The summed E-state index contributed by atoms with van der Waals surface area (Å²) in [5, 5.41) is 10.6. The lowest BCUT2D eigenvalue weighted by atomic mass is 9.79. The van der Waals surface area contributed by atoms with E-state index in [4.69, 9.17) is 4.74 Å². The number of rotatable bonds is 4. The highest BCUT2D eigenvalue weighted by atomic mass is 79.9. The Kier molecular flexibility index (Phi) is 4.33. The summed E-state index contributed by atoms with van der Waals surface area (Å²) in [6.07, 6.45) is 4.29. The monoisotopic (exact) mass is 312 g/mol. The van der Waals surface area contributed by atoms with Crippen molar-refractivity contribution in [2.24, 2.45) is 5.41 Å². The molecular weight excluding hydrogens is 292 g/mol. The number of aliphatic hydroxyl groups is 1. The van der Waals surface area contributed by atoms with Crippen molar-refractivity contribution in [3.63, 3.8) is 0 Å². The molecule has 18 heavy (non-hydrogen) atoms.